The molecule has 2 rings (SSSR count). The number of hydrogen-bond acceptors (Lipinski definition) is 4. The number of hydrogen-bond donors (Lipinski definition) is 2. The molecule has 104 valence electrons. The highest BCUT2D eigenvalue weighted by Crippen LogP contribution is 2.13. The third-order valence-corrected chi connectivity index (χ3v) is 2.91. The summed E-state index contributed by atoms with van der Waals surface area (Å²) in [6.07, 6.45) is 0.304. The van der Waals surface area contributed by atoms with Gasteiger partial charge < -0.3 is 11.1 Å². The van der Waals surface area contributed by atoms with Crippen molar-refractivity contribution in [3.05, 3.63) is 29.8 Å². The van der Waals surface area contributed by atoms with Gasteiger partial charge in [0.25, 0.3) is 0 Å². The number of carbonyl (C=O) groups is 4. The molecule has 1 aromatic carbocycles. The molecule has 0 unspecified atom stereocenters. The maximum absolute atomic E-state index is 11.7. The second kappa shape index (κ2) is 5.52. The van der Waals surface area contributed by atoms with E-state index in [0.717, 1.165) is 4.90 Å². The molecule has 1 aliphatic heterocycles. The first-order valence-electron chi connectivity index (χ1n) is 6.00. The second-order valence-corrected chi connectivity index (χ2v) is 4.36. The number of carbonyl (C=O) groups excluding carboxylic acids is 4. The number of nitrogens with two attached hydrogens (primary N) is 1. The van der Waals surface area contributed by atoms with Crippen LogP contribution >= 0.6 is 0 Å². The highest BCUT2D eigenvalue weighted by Gasteiger charge is 2.30. The van der Waals surface area contributed by atoms with Crippen molar-refractivity contribution < 1.29 is 19.2 Å². The Morgan fingerprint density at radius 3 is 2.15 bits per heavy atom. The lowest BCUT2D eigenvalue weighted by molar-refractivity contribution is -0.141. The largest absolute Gasteiger partial charge is 0.366 e. The maximum Gasteiger partial charge on any atom is 0.248 e. The molecule has 0 atom stereocenters. The zero-order valence-corrected chi connectivity index (χ0v) is 10.6. The Bertz CT molecular complexity index is 564. The van der Waals surface area contributed by atoms with Gasteiger partial charge in [0.2, 0.25) is 23.6 Å². The molecule has 0 saturated carbocycles. The van der Waals surface area contributed by atoms with Crippen LogP contribution in [0.25, 0.3) is 0 Å². The summed E-state index contributed by atoms with van der Waals surface area (Å²) < 4.78 is 0. The first-order chi connectivity index (χ1) is 9.47. The van der Waals surface area contributed by atoms with Gasteiger partial charge in [0.05, 0.1) is 0 Å². The second-order valence-electron chi connectivity index (χ2n) is 4.36. The average Bonchev–Trinajstić information content (AvgIpc) is 2.71. The molecule has 20 heavy (non-hydrogen) atoms. The number of rotatable bonds is 4. The highest BCUT2D eigenvalue weighted by molar-refractivity contribution is 6.06. The van der Waals surface area contributed by atoms with Crippen molar-refractivity contribution in [1.29, 1.82) is 0 Å². The van der Waals surface area contributed by atoms with Crippen LogP contribution in [0.1, 0.15) is 23.2 Å². The number of amides is 4. The van der Waals surface area contributed by atoms with E-state index in [1.807, 2.05) is 0 Å². The van der Waals surface area contributed by atoms with E-state index in [4.69, 9.17) is 5.73 Å². The van der Waals surface area contributed by atoms with E-state index >= 15 is 0 Å². The molecule has 1 heterocycles. The van der Waals surface area contributed by atoms with Gasteiger partial charge in [-0.1, -0.05) is 0 Å². The summed E-state index contributed by atoms with van der Waals surface area (Å²) in [5, 5.41) is 2.54. The van der Waals surface area contributed by atoms with Gasteiger partial charge in [-0.2, -0.15) is 0 Å². The Morgan fingerprint density at radius 1 is 1.10 bits per heavy atom. The van der Waals surface area contributed by atoms with E-state index in [1.54, 1.807) is 0 Å². The van der Waals surface area contributed by atoms with Crippen LogP contribution in [-0.4, -0.2) is 35.1 Å². The van der Waals surface area contributed by atoms with Gasteiger partial charge >= 0.3 is 0 Å². The Morgan fingerprint density at radius 2 is 1.65 bits per heavy atom. The summed E-state index contributed by atoms with van der Waals surface area (Å²) in [6, 6.07) is 5.99. The number of likely N-dealkylation sites (tertiary alicyclic amines) is 1. The fraction of sp³-hybridized carbons (Fsp3) is 0.231. The average molecular weight is 275 g/mol. The fourth-order valence-corrected chi connectivity index (χ4v) is 1.86. The van der Waals surface area contributed by atoms with Crippen LogP contribution in [0.5, 0.6) is 0 Å². The summed E-state index contributed by atoms with van der Waals surface area (Å²) in [7, 11) is 0. The van der Waals surface area contributed by atoms with Gasteiger partial charge in [-0.15, -0.1) is 0 Å². The third kappa shape index (κ3) is 3.00. The Balaban J connectivity index is 1.96. The highest BCUT2D eigenvalue weighted by atomic mass is 16.2. The minimum Gasteiger partial charge on any atom is -0.366 e. The molecule has 1 saturated heterocycles. The van der Waals surface area contributed by atoms with Gasteiger partial charge in [0, 0.05) is 24.1 Å². The maximum atomic E-state index is 11.7. The minimum atomic E-state index is -0.559. The molecule has 7 nitrogen and oxygen atoms in total. The number of nitrogens with zero attached hydrogens (tertiary/aromatic N) is 1. The van der Waals surface area contributed by atoms with Crippen molar-refractivity contribution in [1.82, 2.24) is 4.90 Å². The molecule has 7 heteroatoms. The monoisotopic (exact) mass is 275 g/mol. The van der Waals surface area contributed by atoms with Crippen molar-refractivity contribution in [2.45, 2.75) is 12.8 Å². The molecule has 0 bridgehead atoms. The van der Waals surface area contributed by atoms with Crippen LogP contribution in [0.4, 0.5) is 5.69 Å². The zero-order chi connectivity index (χ0) is 14.7. The molecule has 0 aromatic heterocycles. The Hall–Kier alpha value is -2.70. The predicted octanol–water partition coefficient (Wildman–Crippen LogP) is -0.127. The van der Waals surface area contributed by atoms with Crippen molar-refractivity contribution in [3.8, 4) is 0 Å². The summed E-state index contributed by atoms with van der Waals surface area (Å²) in [4.78, 5) is 46.3. The van der Waals surface area contributed by atoms with Crippen LogP contribution in [0.15, 0.2) is 24.3 Å². The number of primary amides is 1. The quantitative estimate of drug-likeness (QED) is 0.746. The summed E-state index contributed by atoms with van der Waals surface area (Å²) in [5.74, 6) is -1.71. The molecule has 1 aromatic rings. The first kappa shape index (κ1) is 13.7. The van der Waals surface area contributed by atoms with Gasteiger partial charge in [0.1, 0.15) is 6.54 Å². The van der Waals surface area contributed by atoms with Gasteiger partial charge in [-0.3, -0.25) is 24.1 Å². The number of imide groups is 1. The topological polar surface area (TPSA) is 110 Å². The molecule has 0 aliphatic carbocycles. The van der Waals surface area contributed by atoms with Crippen molar-refractivity contribution in [2.24, 2.45) is 5.73 Å². The Kier molecular flexibility index (Phi) is 3.79. The van der Waals surface area contributed by atoms with Crippen LogP contribution in [0, 0.1) is 0 Å². The summed E-state index contributed by atoms with van der Waals surface area (Å²) in [6.45, 7) is -0.296. The molecule has 0 radical (unpaired) electrons. The van der Waals surface area contributed by atoms with Crippen LogP contribution in [-0.2, 0) is 14.4 Å². The van der Waals surface area contributed by atoms with Crippen LogP contribution < -0.4 is 11.1 Å². The Labute approximate surface area is 114 Å². The summed E-state index contributed by atoms with van der Waals surface area (Å²) in [5.41, 5.74) is 5.88. The number of nitrogens with one attached hydrogen (secondary N) is 1. The lowest BCUT2D eigenvalue weighted by Gasteiger charge is -2.13. The lowest BCUT2D eigenvalue weighted by Crippen LogP contribution is -2.36. The number of benzene rings is 1. The van der Waals surface area contributed by atoms with Crippen molar-refractivity contribution in [2.75, 3.05) is 11.9 Å². The fourth-order valence-electron chi connectivity index (χ4n) is 1.86. The molecule has 0 spiro atoms. The van der Waals surface area contributed by atoms with Gasteiger partial charge in [-0.25, -0.2) is 0 Å². The van der Waals surface area contributed by atoms with E-state index in [1.165, 1.54) is 24.3 Å². The molecule has 4 amide bonds. The number of anilines is 1. The van der Waals surface area contributed by atoms with E-state index in [2.05, 4.69) is 5.32 Å². The molecule has 3 N–H and O–H groups in total. The van der Waals surface area contributed by atoms with E-state index in [-0.39, 0.29) is 31.2 Å². The normalized spacial score (nSPS) is 14.5. The van der Waals surface area contributed by atoms with Crippen molar-refractivity contribution in [3.63, 3.8) is 0 Å². The zero-order valence-electron chi connectivity index (χ0n) is 10.6. The third-order valence-electron chi connectivity index (χ3n) is 2.91. The van der Waals surface area contributed by atoms with Gasteiger partial charge in [0.15, 0.2) is 0 Å². The van der Waals surface area contributed by atoms with Crippen LogP contribution in [0.3, 0.4) is 0 Å². The summed E-state index contributed by atoms with van der Waals surface area (Å²) >= 11 is 0. The van der Waals surface area contributed by atoms with E-state index in [9.17, 15) is 19.2 Å². The minimum absolute atomic E-state index is 0.152. The SMILES string of the molecule is NC(=O)c1ccc(NC(=O)CN2C(=O)CCC2=O)cc1. The van der Waals surface area contributed by atoms with Crippen LogP contribution in [0.2, 0.25) is 0 Å². The molecule has 1 fully saturated rings. The van der Waals surface area contributed by atoms with Gasteiger partial charge in [-0.05, 0) is 24.3 Å². The van der Waals surface area contributed by atoms with E-state index < -0.39 is 11.8 Å². The lowest BCUT2D eigenvalue weighted by atomic mass is 10.2. The molecular weight excluding hydrogens is 262 g/mol. The van der Waals surface area contributed by atoms with E-state index in [0.29, 0.717) is 11.3 Å². The smallest absolute Gasteiger partial charge is 0.248 e. The first-order valence-corrected chi connectivity index (χ1v) is 6.00. The standard InChI is InChI=1S/C13H13N3O4/c14-13(20)8-1-3-9(4-2-8)15-10(17)7-16-11(18)5-6-12(16)19/h1-4H,5-7H2,(H2,14,20)(H,15,17). The molecular formula is C13H13N3O4. The van der Waals surface area contributed by atoms with Crippen molar-refractivity contribution >= 4 is 29.3 Å². The predicted molar refractivity (Wildman–Crippen MR) is 69.5 cm³/mol. The molecule has 1 aliphatic rings.